The summed E-state index contributed by atoms with van der Waals surface area (Å²) < 4.78 is 22.4. The number of aryl methyl sites for hydroxylation is 1. The fourth-order valence-electron chi connectivity index (χ4n) is 3.64. The summed E-state index contributed by atoms with van der Waals surface area (Å²) in [4.78, 5) is 11.9. The molecule has 6 nitrogen and oxygen atoms in total. The molecule has 156 valence electrons. The van der Waals surface area contributed by atoms with E-state index < -0.39 is 20.5 Å². The molecule has 0 aliphatic heterocycles. The predicted molar refractivity (Wildman–Crippen MR) is 111 cm³/mol. The van der Waals surface area contributed by atoms with Crippen LogP contribution in [0.4, 0.5) is 0 Å². The number of carbonyl (C=O) groups excluding carboxylic acids is 1. The quantitative estimate of drug-likeness (QED) is 0.475. The highest BCUT2D eigenvalue weighted by Crippen LogP contribution is 2.37. The maximum Gasteiger partial charge on any atom is 0.264 e. The van der Waals surface area contributed by atoms with Crippen LogP contribution in [0.5, 0.6) is 0 Å². The molecule has 1 atom stereocenters. The Kier molecular flexibility index (Phi) is 6.12. The van der Waals surface area contributed by atoms with Crippen molar-refractivity contribution in [1.29, 1.82) is 0 Å². The highest BCUT2D eigenvalue weighted by Gasteiger charge is 2.43. The number of aliphatic hydroxyl groups is 1. The van der Waals surface area contributed by atoms with Crippen molar-refractivity contribution in [2.24, 2.45) is 0 Å². The topological polar surface area (TPSA) is 104 Å². The second kappa shape index (κ2) is 8.26. The van der Waals surface area contributed by atoms with Crippen LogP contribution in [0.2, 0.25) is 0 Å². The number of sulfone groups is 1. The molecule has 1 unspecified atom stereocenters. The Balaban J connectivity index is 1.68. The summed E-state index contributed by atoms with van der Waals surface area (Å²) in [6, 6.07) is 16.1. The molecule has 29 heavy (non-hydrogen) atoms. The molecule has 0 bridgehead atoms. The third kappa shape index (κ3) is 4.52. The largest absolute Gasteiger partial charge is 0.393 e. The number of nitrogens with one attached hydrogen (secondary N) is 1. The van der Waals surface area contributed by atoms with E-state index in [9.17, 15) is 18.3 Å². The van der Waals surface area contributed by atoms with E-state index in [-0.39, 0.29) is 12.5 Å². The van der Waals surface area contributed by atoms with Crippen molar-refractivity contribution >= 4 is 15.7 Å². The first-order chi connectivity index (χ1) is 13.6. The molecule has 1 saturated carbocycles. The summed E-state index contributed by atoms with van der Waals surface area (Å²) >= 11 is 0. The van der Waals surface area contributed by atoms with Gasteiger partial charge in [-0.3, -0.25) is 10.0 Å². The zero-order valence-corrected chi connectivity index (χ0v) is 17.4. The Bertz CT molecular complexity index is 963. The molecule has 1 amide bonds. The van der Waals surface area contributed by atoms with Gasteiger partial charge in [-0.15, -0.1) is 0 Å². The van der Waals surface area contributed by atoms with E-state index >= 15 is 0 Å². The smallest absolute Gasteiger partial charge is 0.264 e. The van der Waals surface area contributed by atoms with Gasteiger partial charge >= 0.3 is 0 Å². The van der Waals surface area contributed by atoms with Crippen molar-refractivity contribution < 1.29 is 23.5 Å². The van der Waals surface area contributed by atoms with Crippen molar-refractivity contribution in [1.82, 2.24) is 5.48 Å². The first-order valence-corrected chi connectivity index (χ1v) is 11.5. The molecule has 2 aromatic carbocycles. The highest BCUT2D eigenvalue weighted by molar-refractivity contribution is 7.92. The van der Waals surface area contributed by atoms with Crippen molar-refractivity contribution in [2.45, 2.75) is 49.4 Å². The second-order valence-corrected chi connectivity index (χ2v) is 10.5. The van der Waals surface area contributed by atoms with Crippen LogP contribution in [0, 0.1) is 0 Å². The van der Waals surface area contributed by atoms with Crippen LogP contribution < -0.4 is 5.48 Å². The Morgan fingerprint density at radius 1 is 1.07 bits per heavy atom. The lowest BCUT2D eigenvalue weighted by atomic mass is 9.77. The van der Waals surface area contributed by atoms with Gasteiger partial charge in [-0.1, -0.05) is 48.5 Å². The van der Waals surface area contributed by atoms with Crippen LogP contribution in [-0.2, 0) is 21.1 Å². The maximum atomic E-state index is 12.0. The predicted octanol–water partition coefficient (Wildman–Crippen LogP) is 2.83. The summed E-state index contributed by atoms with van der Waals surface area (Å²) in [5.41, 5.74) is 5.76. The number of hydroxylamine groups is 1. The number of hydrogen-bond acceptors (Lipinski definition) is 5. The molecular formula is C22H27NO5S. The summed E-state index contributed by atoms with van der Waals surface area (Å²) in [5, 5.41) is 18.4. The SMILES string of the molecule is CC(CCc1ccc(-c2ccc(C3CC(O)C3)cc2)cc1)(C(=O)NO)S(C)(=O)=O. The first kappa shape index (κ1) is 21.5. The molecule has 3 N–H and O–H groups in total. The molecule has 0 aromatic heterocycles. The number of benzene rings is 2. The molecule has 0 saturated heterocycles. The fraction of sp³-hybridized carbons (Fsp3) is 0.409. The van der Waals surface area contributed by atoms with Crippen molar-refractivity contribution in [3.05, 3.63) is 59.7 Å². The monoisotopic (exact) mass is 417 g/mol. The Morgan fingerprint density at radius 2 is 1.59 bits per heavy atom. The van der Waals surface area contributed by atoms with Gasteiger partial charge in [0.15, 0.2) is 9.84 Å². The van der Waals surface area contributed by atoms with Gasteiger partial charge in [0.25, 0.3) is 5.91 Å². The number of amides is 1. The zero-order valence-electron chi connectivity index (χ0n) is 16.6. The second-order valence-electron chi connectivity index (χ2n) is 8.09. The van der Waals surface area contributed by atoms with Crippen LogP contribution in [0.1, 0.15) is 43.2 Å². The summed E-state index contributed by atoms with van der Waals surface area (Å²) in [6.45, 7) is 1.32. The van der Waals surface area contributed by atoms with Crippen molar-refractivity contribution in [2.75, 3.05) is 6.26 Å². The average molecular weight is 418 g/mol. The number of aliphatic hydroxyl groups excluding tert-OH is 1. The molecule has 1 fully saturated rings. The zero-order chi connectivity index (χ0) is 21.2. The minimum atomic E-state index is -3.70. The molecular weight excluding hydrogens is 390 g/mol. The van der Waals surface area contributed by atoms with E-state index in [0.717, 1.165) is 35.8 Å². The third-order valence-corrected chi connectivity index (χ3v) is 8.10. The van der Waals surface area contributed by atoms with Gasteiger partial charge in [-0.05, 0) is 60.8 Å². The van der Waals surface area contributed by atoms with Crippen molar-refractivity contribution in [3.63, 3.8) is 0 Å². The fourth-order valence-corrected chi connectivity index (χ4v) is 4.50. The minimum absolute atomic E-state index is 0.0690. The van der Waals surface area contributed by atoms with E-state index in [1.807, 2.05) is 24.3 Å². The lowest BCUT2D eigenvalue weighted by Crippen LogP contribution is -2.49. The Morgan fingerprint density at radius 3 is 2.03 bits per heavy atom. The van der Waals surface area contributed by atoms with Gasteiger partial charge in [0.05, 0.1) is 6.10 Å². The minimum Gasteiger partial charge on any atom is -0.393 e. The Hall–Kier alpha value is -2.22. The number of hydrogen-bond donors (Lipinski definition) is 3. The average Bonchev–Trinajstić information content (AvgIpc) is 2.68. The Labute approximate surface area is 171 Å². The van der Waals surface area contributed by atoms with E-state index in [1.54, 1.807) is 0 Å². The van der Waals surface area contributed by atoms with Gasteiger partial charge < -0.3 is 5.11 Å². The van der Waals surface area contributed by atoms with Crippen molar-refractivity contribution in [3.8, 4) is 11.1 Å². The van der Waals surface area contributed by atoms with Crippen LogP contribution in [-0.4, -0.2) is 41.7 Å². The molecule has 3 rings (SSSR count). The van der Waals surface area contributed by atoms with Crippen LogP contribution in [0.3, 0.4) is 0 Å². The van der Waals surface area contributed by atoms with E-state index in [1.165, 1.54) is 18.0 Å². The van der Waals surface area contributed by atoms with E-state index in [4.69, 9.17) is 5.21 Å². The molecule has 2 aromatic rings. The van der Waals surface area contributed by atoms with Gasteiger partial charge in [0.1, 0.15) is 4.75 Å². The normalized spacial score (nSPS) is 21.1. The molecule has 1 aliphatic rings. The van der Waals surface area contributed by atoms with Crippen LogP contribution in [0.15, 0.2) is 48.5 Å². The molecule has 1 aliphatic carbocycles. The van der Waals surface area contributed by atoms with Gasteiger partial charge in [-0.25, -0.2) is 13.9 Å². The molecule has 7 heteroatoms. The first-order valence-electron chi connectivity index (χ1n) is 9.65. The van der Waals surface area contributed by atoms with Gasteiger partial charge in [0.2, 0.25) is 0 Å². The standard InChI is InChI=1S/C22H27NO5S/c1-22(21(25)23-26,29(2,27)28)12-11-15-3-5-16(6-4-15)17-7-9-18(10-8-17)19-13-20(24)14-19/h3-10,19-20,24,26H,11-14H2,1-2H3,(H,23,25). The summed E-state index contributed by atoms with van der Waals surface area (Å²) in [5.74, 6) is -0.475. The number of carbonyl (C=O) groups is 1. The lowest BCUT2D eigenvalue weighted by molar-refractivity contribution is -0.131. The molecule has 0 radical (unpaired) electrons. The number of rotatable bonds is 7. The van der Waals surface area contributed by atoms with Crippen LogP contribution in [0.25, 0.3) is 11.1 Å². The van der Waals surface area contributed by atoms with Gasteiger partial charge in [0, 0.05) is 6.26 Å². The molecule has 0 heterocycles. The van der Waals surface area contributed by atoms with Gasteiger partial charge in [-0.2, -0.15) is 0 Å². The summed E-state index contributed by atoms with van der Waals surface area (Å²) in [7, 11) is -3.70. The highest BCUT2D eigenvalue weighted by atomic mass is 32.2. The molecule has 0 spiro atoms. The maximum absolute atomic E-state index is 12.0. The van der Waals surface area contributed by atoms with E-state index in [2.05, 4.69) is 24.3 Å². The summed E-state index contributed by atoms with van der Waals surface area (Å²) in [6.07, 6.45) is 2.95. The third-order valence-electron chi connectivity index (χ3n) is 6.07. The lowest BCUT2D eigenvalue weighted by Gasteiger charge is -2.31. The van der Waals surface area contributed by atoms with Crippen LogP contribution >= 0.6 is 0 Å². The van der Waals surface area contributed by atoms with E-state index in [0.29, 0.717) is 12.3 Å².